The summed E-state index contributed by atoms with van der Waals surface area (Å²) in [5.74, 6) is -1.06. The number of nitrogens with one attached hydrogen (secondary N) is 1. The highest BCUT2D eigenvalue weighted by molar-refractivity contribution is 7.92. The summed E-state index contributed by atoms with van der Waals surface area (Å²) >= 11 is 12.1. The quantitative estimate of drug-likeness (QED) is 0.509. The van der Waals surface area contributed by atoms with E-state index in [2.05, 4.69) is 10.2 Å². The standard InChI is InChI=1S/C25H24Cl2N2O3S/c1-17-2-12-23(13-3-17)33(31,32)16-24(30)28-22-14-29(15-22)25(18-4-8-20(26)9-5-18)19-6-10-21(27)11-7-19/h2-13,22,25H,14-16H2,1H3,(H,28,30). The van der Waals surface area contributed by atoms with E-state index in [-0.39, 0.29) is 17.0 Å². The molecule has 0 saturated carbocycles. The van der Waals surface area contributed by atoms with E-state index >= 15 is 0 Å². The zero-order valence-electron chi connectivity index (χ0n) is 18.0. The second-order valence-electron chi connectivity index (χ2n) is 8.30. The fraction of sp³-hybridized carbons (Fsp3) is 0.240. The summed E-state index contributed by atoms with van der Waals surface area (Å²) in [6.45, 7) is 3.09. The molecule has 1 amide bonds. The van der Waals surface area contributed by atoms with Crippen LogP contribution < -0.4 is 5.32 Å². The normalized spacial score (nSPS) is 14.8. The van der Waals surface area contributed by atoms with Crippen LogP contribution in [0, 0.1) is 6.92 Å². The molecular formula is C25H24Cl2N2O3S. The van der Waals surface area contributed by atoms with Gasteiger partial charge in [0.2, 0.25) is 5.91 Å². The maximum atomic E-state index is 12.5. The molecule has 1 N–H and O–H groups in total. The van der Waals surface area contributed by atoms with Crippen molar-refractivity contribution in [2.75, 3.05) is 18.8 Å². The molecule has 0 spiro atoms. The number of nitrogens with zero attached hydrogens (tertiary/aromatic N) is 1. The minimum absolute atomic E-state index is 0.0241. The third-order valence-corrected chi connectivity index (χ3v) is 7.85. The van der Waals surface area contributed by atoms with E-state index in [0.717, 1.165) is 16.7 Å². The van der Waals surface area contributed by atoms with Crippen molar-refractivity contribution in [3.8, 4) is 0 Å². The highest BCUT2D eigenvalue weighted by atomic mass is 35.5. The third-order valence-electron chi connectivity index (χ3n) is 5.71. The van der Waals surface area contributed by atoms with Gasteiger partial charge in [-0.15, -0.1) is 0 Å². The summed E-state index contributed by atoms with van der Waals surface area (Å²) < 4.78 is 25.1. The van der Waals surface area contributed by atoms with Crippen LogP contribution in [0.25, 0.3) is 0 Å². The smallest absolute Gasteiger partial charge is 0.235 e. The molecule has 172 valence electrons. The Morgan fingerprint density at radius 3 is 1.88 bits per heavy atom. The second kappa shape index (κ2) is 9.85. The van der Waals surface area contributed by atoms with Gasteiger partial charge in [0.1, 0.15) is 5.75 Å². The zero-order chi connectivity index (χ0) is 23.6. The summed E-state index contributed by atoms with van der Waals surface area (Å²) in [6, 6.07) is 21.7. The van der Waals surface area contributed by atoms with Crippen LogP contribution >= 0.6 is 23.2 Å². The van der Waals surface area contributed by atoms with E-state index in [1.54, 1.807) is 12.1 Å². The molecule has 1 fully saturated rings. The molecule has 1 aliphatic heterocycles. The lowest BCUT2D eigenvalue weighted by atomic mass is 9.93. The van der Waals surface area contributed by atoms with Crippen molar-refractivity contribution in [2.45, 2.75) is 23.9 Å². The van der Waals surface area contributed by atoms with E-state index in [4.69, 9.17) is 23.2 Å². The number of likely N-dealkylation sites (tertiary alicyclic amines) is 1. The Kier molecular flexibility index (Phi) is 7.10. The van der Waals surface area contributed by atoms with Crippen LogP contribution in [0.4, 0.5) is 0 Å². The number of carbonyl (C=O) groups excluding carboxylic acids is 1. The predicted molar refractivity (Wildman–Crippen MR) is 131 cm³/mol. The summed E-state index contributed by atoms with van der Waals surface area (Å²) in [6.07, 6.45) is 0. The fourth-order valence-electron chi connectivity index (χ4n) is 3.99. The van der Waals surface area contributed by atoms with E-state index in [9.17, 15) is 13.2 Å². The number of amides is 1. The molecule has 0 unspecified atom stereocenters. The number of halogens is 2. The van der Waals surface area contributed by atoms with Gasteiger partial charge in [0.15, 0.2) is 9.84 Å². The van der Waals surface area contributed by atoms with Crippen LogP contribution in [0.1, 0.15) is 22.7 Å². The van der Waals surface area contributed by atoms with Gasteiger partial charge in [-0.3, -0.25) is 9.69 Å². The van der Waals surface area contributed by atoms with Gasteiger partial charge in [-0.25, -0.2) is 8.42 Å². The van der Waals surface area contributed by atoms with Crippen LogP contribution in [0.2, 0.25) is 10.0 Å². The Morgan fingerprint density at radius 1 is 0.909 bits per heavy atom. The molecule has 4 rings (SSSR count). The van der Waals surface area contributed by atoms with Crippen LogP contribution in [-0.4, -0.2) is 44.1 Å². The lowest BCUT2D eigenvalue weighted by Gasteiger charge is -2.45. The maximum Gasteiger partial charge on any atom is 0.235 e. The molecule has 0 aromatic heterocycles. The van der Waals surface area contributed by atoms with Crippen LogP contribution in [-0.2, 0) is 14.6 Å². The lowest BCUT2D eigenvalue weighted by Crippen LogP contribution is -2.60. The Labute approximate surface area is 204 Å². The molecule has 1 saturated heterocycles. The molecule has 3 aromatic rings. The molecule has 0 aliphatic carbocycles. The summed E-state index contributed by atoms with van der Waals surface area (Å²) in [5.41, 5.74) is 3.12. The first-order valence-electron chi connectivity index (χ1n) is 10.5. The van der Waals surface area contributed by atoms with Crippen LogP contribution in [0.3, 0.4) is 0 Å². The average molecular weight is 503 g/mol. The number of hydrogen-bond acceptors (Lipinski definition) is 4. The summed E-state index contributed by atoms with van der Waals surface area (Å²) in [7, 11) is -3.68. The molecule has 1 aliphatic rings. The predicted octanol–water partition coefficient (Wildman–Crippen LogP) is 4.67. The first-order chi connectivity index (χ1) is 15.7. The van der Waals surface area contributed by atoms with Crippen molar-refractivity contribution in [3.05, 3.63) is 99.5 Å². The molecule has 5 nitrogen and oxygen atoms in total. The number of aryl methyl sites for hydroxylation is 1. The minimum Gasteiger partial charge on any atom is -0.350 e. The van der Waals surface area contributed by atoms with Gasteiger partial charge in [-0.2, -0.15) is 0 Å². The second-order valence-corrected chi connectivity index (χ2v) is 11.2. The number of hydrogen-bond donors (Lipinski definition) is 1. The third kappa shape index (κ3) is 5.76. The van der Waals surface area contributed by atoms with Crippen LogP contribution in [0.15, 0.2) is 77.7 Å². The topological polar surface area (TPSA) is 66.5 Å². The SMILES string of the molecule is Cc1ccc(S(=O)(=O)CC(=O)NC2CN(C(c3ccc(Cl)cc3)c3ccc(Cl)cc3)C2)cc1. The Morgan fingerprint density at radius 2 is 1.39 bits per heavy atom. The van der Waals surface area contributed by atoms with Crippen molar-refractivity contribution >= 4 is 38.9 Å². The van der Waals surface area contributed by atoms with Crippen molar-refractivity contribution in [2.24, 2.45) is 0 Å². The van der Waals surface area contributed by atoms with Gasteiger partial charge in [-0.05, 0) is 54.4 Å². The van der Waals surface area contributed by atoms with Gasteiger partial charge in [0.05, 0.1) is 17.0 Å². The van der Waals surface area contributed by atoms with Crippen LogP contribution in [0.5, 0.6) is 0 Å². The number of benzene rings is 3. The Hall–Kier alpha value is -2.38. The molecule has 8 heteroatoms. The highest BCUT2D eigenvalue weighted by Gasteiger charge is 2.35. The van der Waals surface area contributed by atoms with Gasteiger partial charge >= 0.3 is 0 Å². The first kappa shape index (κ1) is 23.8. The van der Waals surface area contributed by atoms with Crippen molar-refractivity contribution in [3.63, 3.8) is 0 Å². The largest absolute Gasteiger partial charge is 0.350 e. The average Bonchev–Trinajstić information content (AvgIpc) is 2.74. The zero-order valence-corrected chi connectivity index (χ0v) is 20.4. The number of carbonyl (C=O) groups is 1. The van der Waals surface area contributed by atoms with E-state index < -0.39 is 21.5 Å². The summed E-state index contributed by atoms with van der Waals surface area (Å²) in [4.78, 5) is 14.8. The Balaban J connectivity index is 1.41. The van der Waals surface area contributed by atoms with Gasteiger partial charge in [0, 0.05) is 23.1 Å². The molecule has 0 atom stereocenters. The molecule has 0 radical (unpaired) electrons. The highest BCUT2D eigenvalue weighted by Crippen LogP contribution is 2.33. The molecule has 1 heterocycles. The molecule has 3 aromatic carbocycles. The van der Waals surface area contributed by atoms with Crippen molar-refractivity contribution < 1.29 is 13.2 Å². The monoisotopic (exact) mass is 502 g/mol. The van der Waals surface area contributed by atoms with Gasteiger partial charge < -0.3 is 5.32 Å². The van der Waals surface area contributed by atoms with E-state index in [0.29, 0.717) is 23.1 Å². The van der Waals surface area contributed by atoms with E-state index in [1.165, 1.54) is 12.1 Å². The van der Waals surface area contributed by atoms with Crippen molar-refractivity contribution in [1.29, 1.82) is 0 Å². The van der Waals surface area contributed by atoms with Crippen molar-refractivity contribution in [1.82, 2.24) is 10.2 Å². The summed E-state index contributed by atoms with van der Waals surface area (Å²) in [5, 5.41) is 4.19. The van der Waals surface area contributed by atoms with Gasteiger partial charge in [-0.1, -0.05) is 65.2 Å². The fourth-order valence-corrected chi connectivity index (χ4v) is 5.39. The molecule has 33 heavy (non-hydrogen) atoms. The molecular weight excluding hydrogens is 479 g/mol. The molecule has 0 bridgehead atoms. The maximum absolute atomic E-state index is 12.5. The number of rotatable bonds is 7. The minimum atomic E-state index is -3.68. The Bertz CT molecular complexity index is 1180. The van der Waals surface area contributed by atoms with Gasteiger partial charge in [0.25, 0.3) is 0 Å². The van der Waals surface area contributed by atoms with E-state index in [1.807, 2.05) is 55.5 Å². The number of sulfone groups is 1. The first-order valence-corrected chi connectivity index (χ1v) is 13.0. The lowest BCUT2D eigenvalue weighted by molar-refractivity contribution is -0.120.